The van der Waals surface area contributed by atoms with Crippen molar-refractivity contribution in [3.8, 4) is 9.75 Å². The summed E-state index contributed by atoms with van der Waals surface area (Å²) in [6, 6.07) is 8.51. The zero-order valence-corrected chi connectivity index (χ0v) is 17.8. The van der Waals surface area contributed by atoms with Gasteiger partial charge >= 0.3 is 0 Å². The smallest absolute Gasteiger partial charge is 0.157 e. The van der Waals surface area contributed by atoms with Crippen molar-refractivity contribution >= 4 is 54.2 Å². The molecule has 0 aromatic carbocycles. The van der Waals surface area contributed by atoms with Gasteiger partial charge in [-0.25, -0.2) is 8.42 Å². The highest BCUT2D eigenvalue weighted by Gasteiger charge is 2.24. The minimum absolute atomic E-state index is 0.248. The second-order valence-corrected chi connectivity index (χ2v) is 11.8. The highest BCUT2D eigenvalue weighted by Crippen LogP contribution is 2.36. The van der Waals surface area contributed by atoms with Crippen molar-refractivity contribution in [1.82, 2.24) is 0 Å². The zero-order chi connectivity index (χ0) is 17.7. The summed E-state index contributed by atoms with van der Waals surface area (Å²) >= 11 is 7.03. The molecule has 24 heavy (non-hydrogen) atoms. The molecule has 0 radical (unpaired) electrons. The monoisotopic (exact) mass is 448 g/mol. The minimum atomic E-state index is -3.28. The predicted octanol–water partition coefficient (Wildman–Crippen LogP) is 5.34. The van der Waals surface area contributed by atoms with Crippen LogP contribution in [0.2, 0.25) is 0 Å². The molecule has 2 rings (SSSR count). The lowest BCUT2D eigenvalue weighted by molar-refractivity contribution is -0.116. The third-order valence-electron chi connectivity index (χ3n) is 3.84. The fourth-order valence-electron chi connectivity index (χ4n) is 2.62. The Morgan fingerprint density at radius 2 is 1.75 bits per heavy atom. The number of unbranched alkanes of at least 4 members (excludes halogenated alkanes) is 2. The molecule has 0 aliphatic carbocycles. The van der Waals surface area contributed by atoms with Crippen molar-refractivity contribution < 1.29 is 13.2 Å². The van der Waals surface area contributed by atoms with Gasteiger partial charge in [-0.15, -0.1) is 22.7 Å². The maximum absolute atomic E-state index is 11.6. The van der Waals surface area contributed by atoms with E-state index >= 15 is 0 Å². The average Bonchev–Trinajstić information content (AvgIpc) is 3.09. The van der Waals surface area contributed by atoms with Crippen LogP contribution in [0.25, 0.3) is 9.75 Å². The van der Waals surface area contributed by atoms with Crippen LogP contribution >= 0.6 is 38.6 Å². The van der Waals surface area contributed by atoms with Gasteiger partial charge in [0.25, 0.3) is 0 Å². The number of hydrogen-bond donors (Lipinski definition) is 0. The zero-order valence-electron chi connectivity index (χ0n) is 13.7. The number of Topliss-reactive ketones (excluding diaryl/α,β-unsaturated/α-hetero) is 1. The lowest BCUT2D eigenvalue weighted by atomic mass is 10.1. The van der Waals surface area contributed by atoms with E-state index in [1.807, 2.05) is 11.3 Å². The van der Waals surface area contributed by atoms with Crippen LogP contribution in [-0.4, -0.2) is 25.7 Å². The Morgan fingerprint density at radius 3 is 2.33 bits per heavy atom. The van der Waals surface area contributed by atoms with Crippen LogP contribution in [-0.2, 0) is 21.1 Å². The summed E-state index contributed by atoms with van der Waals surface area (Å²) in [7, 11) is -3.28. The minimum Gasteiger partial charge on any atom is -0.299 e. The Balaban J connectivity index is 1.77. The van der Waals surface area contributed by atoms with Gasteiger partial charge in [0.2, 0.25) is 0 Å². The molecule has 132 valence electrons. The van der Waals surface area contributed by atoms with E-state index < -0.39 is 15.1 Å². The molecule has 0 amide bonds. The summed E-state index contributed by atoms with van der Waals surface area (Å²) in [6.45, 7) is 1.36. The summed E-state index contributed by atoms with van der Waals surface area (Å²) in [5, 5.41) is -0.830. The van der Waals surface area contributed by atoms with E-state index in [1.165, 1.54) is 21.6 Å². The van der Waals surface area contributed by atoms with E-state index in [2.05, 4.69) is 40.2 Å². The average molecular weight is 449 g/mol. The quantitative estimate of drug-likeness (QED) is 0.486. The molecule has 0 saturated carbocycles. The lowest BCUT2D eigenvalue weighted by Crippen LogP contribution is -2.27. The van der Waals surface area contributed by atoms with Crippen LogP contribution in [0.5, 0.6) is 0 Å². The van der Waals surface area contributed by atoms with Crippen LogP contribution in [0.3, 0.4) is 0 Å². The Hall–Kier alpha value is -0.500. The molecule has 1 atom stereocenters. The molecule has 0 aliphatic rings. The predicted molar refractivity (Wildman–Crippen MR) is 107 cm³/mol. The van der Waals surface area contributed by atoms with Gasteiger partial charge < -0.3 is 0 Å². The third kappa shape index (κ3) is 5.79. The van der Waals surface area contributed by atoms with Crippen LogP contribution < -0.4 is 0 Å². The van der Waals surface area contributed by atoms with Gasteiger partial charge in [0, 0.05) is 20.9 Å². The maximum Gasteiger partial charge on any atom is 0.157 e. The molecule has 1 unspecified atom stereocenters. The molecule has 0 bridgehead atoms. The van der Waals surface area contributed by atoms with Crippen LogP contribution in [0.15, 0.2) is 28.1 Å². The number of ketones is 1. The standard InChI is InChI=1S/C17H21BrO3S3/c1-12(19)16(24(2,20)21)7-5-3-4-6-13-8-9-14(22-13)15-10-11-17(18)23-15/h8-11,16H,3-7H2,1-2H3. The number of aryl methyl sites for hydroxylation is 1. The summed E-state index contributed by atoms with van der Waals surface area (Å²) in [6.07, 6.45) is 5.32. The molecule has 2 aromatic rings. The Bertz CT molecular complexity index is 790. The molecule has 0 fully saturated rings. The van der Waals surface area contributed by atoms with Gasteiger partial charge in [-0.2, -0.15) is 0 Å². The fourth-order valence-corrected chi connectivity index (χ4v) is 6.34. The molecule has 0 N–H and O–H groups in total. The molecule has 2 heterocycles. The Labute approximate surface area is 160 Å². The molecule has 7 heteroatoms. The van der Waals surface area contributed by atoms with Crippen LogP contribution in [0, 0.1) is 0 Å². The van der Waals surface area contributed by atoms with E-state index in [1.54, 1.807) is 11.3 Å². The number of rotatable bonds is 9. The number of sulfone groups is 1. The molecule has 2 aromatic heterocycles. The summed E-state index contributed by atoms with van der Waals surface area (Å²) < 4.78 is 24.3. The summed E-state index contributed by atoms with van der Waals surface area (Å²) in [5.41, 5.74) is 0. The largest absolute Gasteiger partial charge is 0.299 e. The van der Waals surface area contributed by atoms with E-state index in [0.717, 1.165) is 35.7 Å². The Kier molecular flexibility index (Phi) is 7.22. The fraction of sp³-hybridized carbons (Fsp3) is 0.471. The Morgan fingerprint density at radius 1 is 1.08 bits per heavy atom. The molecule has 3 nitrogen and oxygen atoms in total. The van der Waals surface area contributed by atoms with Gasteiger partial charge in [-0.05, 0) is 66.4 Å². The van der Waals surface area contributed by atoms with Crippen molar-refractivity contribution in [2.75, 3.05) is 6.26 Å². The number of halogens is 1. The highest BCUT2D eigenvalue weighted by atomic mass is 79.9. The van der Waals surface area contributed by atoms with Crippen molar-refractivity contribution in [2.24, 2.45) is 0 Å². The van der Waals surface area contributed by atoms with E-state index in [0.29, 0.717) is 6.42 Å². The van der Waals surface area contributed by atoms with Gasteiger partial charge in [-0.1, -0.05) is 12.8 Å². The lowest BCUT2D eigenvalue weighted by Gasteiger charge is -2.11. The molecular weight excluding hydrogens is 428 g/mol. The normalized spacial score (nSPS) is 13.1. The van der Waals surface area contributed by atoms with Gasteiger partial charge in [0.1, 0.15) is 11.0 Å². The molecular formula is C17H21BrO3S3. The number of hydrogen-bond acceptors (Lipinski definition) is 5. The molecule has 0 saturated heterocycles. The summed E-state index contributed by atoms with van der Waals surface area (Å²) in [5.74, 6) is -0.248. The first-order valence-electron chi connectivity index (χ1n) is 7.81. The second-order valence-electron chi connectivity index (χ2n) is 5.90. The van der Waals surface area contributed by atoms with Crippen LogP contribution in [0.4, 0.5) is 0 Å². The first-order chi connectivity index (χ1) is 11.3. The van der Waals surface area contributed by atoms with Crippen molar-refractivity contribution in [3.05, 3.63) is 32.9 Å². The highest BCUT2D eigenvalue weighted by molar-refractivity contribution is 9.11. The number of carbonyl (C=O) groups is 1. The third-order valence-corrected chi connectivity index (χ3v) is 8.40. The molecule has 0 spiro atoms. The first-order valence-corrected chi connectivity index (χ1v) is 12.2. The van der Waals surface area contributed by atoms with Crippen molar-refractivity contribution in [2.45, 2.75) is 44.3 Å². The van der Waals surface area contributed by atoms with Gasteiger partial charge in [-0.3, -0.25) is 4.79 Å². The van der Waals surface area contributed by atoms with E-state index in [9.17, 15) is 13.2 Å². The van der Waals surface area contributed by atoms with Crippen molar-refractivity contribution in [1.29, 1.82) is 0 Å². The first kappa shape index (κ1) is 19.8. The SMILES string of the molecule is CC(=O)C(CCCCCc1ccc(-c2ccc(Br)s2)s1)S(C)(=O)=O. The summed E-state index contributed by atoms with van der Waals surface area (Å²) in [4.78, 5) is 15.3. The van der Waals surface area contributed by atoms with E-state index in [4.69, 9.17) is 0 Å². The van der Waals surface area contributed by atoms with Gasteiger partial charge in [0.15, 0.2) is 9.84 Å². The number of thiophene rings is 2. The topological polar surface area (TPSA) is 51.2 Å². The van der Waals surface area contributed by atoms with Crippen LogP contribution in [0.1, 0.15) is 37.5 Å². The second kappa shape index (κ2) is 8.74. The van der Waals surface area contributed by atoms with Crippen molar-refractivity contribution in [3.63, 3.8) is 0 Å². The van der Waals surface area contributed by atoms with Gasteiger partial charge in [0.05, 0.1) is 3.79 Å². The molecule has 0 aliphatic heterocycles. The van der Waals surface area contributed by atoms with E-state index in [-0.39, 0.29) is 5.78 Å². The maximum atomic E-state index is 11.6. The number of carbonyl (C=O) groups excluding carboxylic acids is 1.